The summed E-state index contributed by atoms with van der Waals surface area (Å²) >= 11 is 0. The Morgan fingerprint density at radius 2 is 2.31 bits per heavy atom. The number of fused-ring (bicyclic) bond motifs is 1. The van der Waals surface area contributed by atoms with Crippen molar-refractivity contribution in [3.8, 4) is 0 Å². The maximum Gasteiger partial charge on any atom is 0.0602 e. The molecule has 2 unspecified atom stereocenters. The van der Waals surface area contributed by atoms with Gasteiger partial charge in [0.25, 0.3) is 0 Å². The lowest BCUT2D eigenvalue weighted by Gasteiger charge is -2.17. The molecule has 1 aromatic rings. The van der Waals surface area contributed by atoms with E-state index >= 15 is 0 Å². The van der Waals surface area contributed by atoms with Gasteiger partial charge in [-0.25, -0.2) is 0 Å². The topological polar surface area (TPSA) is 58.3 Å². The number of aliphatic hydroxyl groups excluding tert-OH is 1. The van der Waals surface area contributed by atoms with Crippen LogP contribution in [0.1, 0.15) is 5.56 Å². The van der Waals surface area contributed by atoms with Crippen LogP contribution in [0.3, 0.4) is 0 Å². The molecule has 0 saturated heterocycles. The van der Waals surface area contributed by atoms with E-state index in [1.54, 1.807) is 0 Å². The number of hydrogen-bond acceptors (Lipinski definition) is 3. The van der Waals surface area contributed by atoms with Crippen molar-refractivity contribution < 1.29 is 5.11 Å². The van der Waals surface area contributed by atoms with Crippen molar-refractivity contribution in [2.24, 2.45) is 5.73 Å². The highest BCUT2D eigenvalue weighted by atomic mass is 16.3. The molecule has 0 radical (unpaired) electrons. The van der Waals surface area contributed by atoms with E-state index in [4.69, 9.17) is 10.8 Å². The Morgan fingerprint density at radius 3 is 3.00 bits per heavy atom. The Balaban J connectivity index is 2.14. The molecule has 0 aromatic heterocycles. The van der Waals surface area contributed by atoms with Crippen LogP contribution in [0.4, 0.5) is 5.69 Å². The van der Waals surface area contributed by atoms with Crippen LogP contribution in [0.25, 0.3) is 0 Å². The summed E-state index contributed by atoms with van der Waals surface area (Å²) in [6.45, 7) is 0.0334. The summed E-state index contributed by atoms with van der Waals surface area (Å²) in [5.41, 5.74) is 8.18. The van der Waals surface area contributed by atoms with Gasteiger partial charge in [-0.05, 0) is 18.1 Å². The first kappa shape index (κ1) is 8.53. The van der Waals surface area contributed by atoms with Crippen LogP contribution in [0, 0.1) is 0 Å². The highest BCUT2D eigenvalue weighted by Crippen LogP contribution is 2.25. The van der Waals surface area contributed by atoms with E-state index in [0.717, 1.165) is 12.1 Å². The van der Waals surface area contributed by atoms with Gasteiger partial charge in [0.15, 0.2) is 0 Å². The molecule has 2 rings (SSSR count). The molecule has 2 atom stereocenters. The third kappa shape index (κ3) is 1.53. The van der Waals surface area contributed by atoms with Gasteiger partial charge in [0.1, 0.15) is 0 Å². The largest absolute Gasteiger partial charge is 0.395 e. The van der Waals surface area contributed by atoms with Gasteiger partial charge in [0, 0.05) is 17.8 Å². The fourth-order valence-corrected chi connectivity index (χ4v) is 1.71. The summed E-state index contributed by atoms with van der Waals surface area (Å²) in [4.78, 5) is 0. The van der Waals surface area contributed by atoms with Gasteiger partial charge in [-0.1, -0.05) is 18.2 Å². The van der Waals surface area contributed by atoms with Crippen LogP contribution in [0.5, 0.6) is 0 Å². The Morgan fingerprint density at radius 1 is 1.54 bits per heavy atom. The van der Waals surface area contributed by atoms with E-state index in [0.29, 0.717) is 0 Å². The standard InChI is InChI=1S/C10H14N2O/c11-8(6-13)10-5-7-3-1-2-4-9(7)12-10/h1-4,8,10,12-13H,5-6,11H2. The summed E-state index contributed by atoms with van der Waals surface area (Å²) in [7, 11) is 0. The van der Waals surface area contributed by atoms with Gasteiger partial charge in [0.2, 0.25) is 0 Å². The SMILES string of the molecule is NC(CO)C1Cc2ccccc2N1. The van der Waals surface area contributed by atoms with Crippen molar-refractivity contribution >= 4 is 5.69 Å². The molecule has 1 aromatic carbocycles. The minimum atomic E-state index is -0.174. The molecule has 1 heterocycles. The highest BCUT2D eigenvalue weighted by Gasteiger charge is 2.24. The summed E-state index contributed by atoms with van der Waals surface area (Å²) in [5.74, 6) is 0. The van der Waals surface area contributed by atoms with Crippen LogP contribution < -0.4 is 11.1 Å². The molecule has 0 spiro atoms. The lowest BCUT2D eigenvalue weighted by atomic mass is 10.1. The number of benzene rings is 1. The van der Waals surface area contributed by atoms with Crippen LogP contribution in [0.2, 0.25) is 0 Å². The molecule has 0 aliphatic carbocycles. The zero-order valence-corrected chi connectivity index (χ0v) is 7.40. The average molecular weight is 178 g/mol. The Bertz CT molecular complexity index is 276. The minimum Gasteiger partial charge on any atom is -0.395 e. The van der Waals surface area contributed by atoms with Crippen molar-refractivity contribution in [3.05, 3.63) is 29.8 Å². The fourth-order valence-electron chi connectivity index (χ4n) is 1.71. The van der Waals surface area contributed by atoms with Crippen LogP contribution in [-0.4, -0.2) is 23.8 Å². The van der Waals surface area contributed by atoms with Crippen LogP contribution in [0.15, 0.2) is 24.3 Å². The second kappa shape index (κ2) is 3.36. The molecule has 4 N–H and O–H groups in total. The molecule has 1 aliphatic rings. The summed E-state index contributed by atoms with van der Waals surface area (Å²) in [6.07, 6.45) is 0.915. The first-order valence-electron chi connectivity index (χ1n) is 4.52. The molecule has 3 nitrogen and oxygen atoms in total. The Hall–Kier alpha value is -1.06. The molecular formula is C10H14N2O. The molecule has 0 saturated carbocycles. The van der Waals surface area contributed by atoms with Crippen molar-refractivity contribution in [2.75, 3.05) is 11.9 Å². The van der Waals surface area contributed by atoms with Gasteiger partial charge >= 0.3 is 0 Å². The number of anilines is 1. The lowest BCUT2D eigenvalue weighted by molar-refractivity contribution is 0.254. The lowest BCUT2D eigenvalue weighted by Crippen LogP contribution is -2.41. The zero-order valence-electron chi connectivity index (χ0n) is 7.40. The van der Waals surface area contributed by atoms with E-state index in [-0.39, 0.29) is 18.7 Å². The third-order valence-electron chi connectivity index (χ3n) is 2.53. The van der Waals surface area contributed by atoms with Crippen LogP contribution >= 0.6 is 0 Å². The maximum atomic E-state index is 8.91. The van der Waals surface area contributed by atoms with Gasteiger partial charge in [-0.2, -0.15) is 0 Å². The molecule has 0 bridgehead atoms. The summed E-state index contributed by atoms with van der Waals surface area (Å²) < 4.78 is 0. The number of nitrogens with two attached hydrogens (primary N) is 1. The highest BCUT2D eigenvalue weighted by molar-refractivity contribution is 5.56. The van der Waals surface area contributed by atoms with Crippen molar-refractivity contribution in [1.29, 1.82) is 0 Å². The second-order valence-corrected chi connectivity index (χ2v) is 3.46. The molecule has 13 heavy (non-hydrogen) atoms. The number of aliphatic hydroxyl groups is 1. The smallest absolute Gasteiger partial charge is 0.0602 e. The second-order valence-electron chi connectivity index (χ2n) is 3.46. The Kier molecular flexibility index (Phi) is 2.20. The van der Waals surface area contributed by atoms with Crippen molar-refractivity contribution in [1.82, 2.24) is 0 Å². The maximum absolute atomic E-state index is 8.91. The monoisotopic (exact) mass is 178 g/mol. The van der Waals surface area contributed by atoms with E-state index < -0.39 is 0 Å². The number of hydrogen-bond donors (Lipinski definition) is 3. The molecule has 70 valence electrons. The average Bonchev–Trinajstić information content (AvgIpc) is 2.59. The van der Waals surface area contributed by atoms with Crippen LogP contribution in [-0.2, 0) is 6.42 Å². The van der Waals surface area contributed by atoms with Gasteiger partial charge < -0.3 is 16.2 Å². The van der Waals surface area contributed by atoms with E-state index in [2.05, 4.69) is 11.4 Å². The van der Waals surface area contributed by atoms with Gasteiger partial charge in [0.05, 0.1) is 6.61 Å². The quantitative estimate of drug-likeness (QED) is 0.612. The zero-order chi connectivity index (χ0) is 9.26. The summed E-state index contributed by atoms with van der Waals surface area (Å²) in [6, 6.07) is 8.16. The van der Waals surface area contributed by atoms with Crippen molar-refractivity contribution in [2.45, 2.75) is 18.5 Å². The molecule has 1 aliphatic heterocycles. The van der Waals surface area contributed by atoms with Gasteiger partial charge in [-0.15, -0.1) is 0 Å². The minimum absolute atomic E-state index is 0.0334. The predicted molar refractivity (Wildman–Crippen MR) is 52.6 cm³/mol. The fraction of sp³-hybridized carbons (Fsp3) is 0.400. The van der Waals surface area contributed by atoms with Gasteiger partial charge in [-0.3, -0.25) is 0 Å². The number of para-hydroxylation sites is 1. The van der Waals surface area contributed by atoms with Crippen molar-refractivity contribution in [3.63, 3.8) is 0 Å². The normalized spacial score (nSPS) is 22.2. The Labute approximate surface area is 77.6 Å². The van der Waals surface area contributed by atoms with E-state index in [1.165, 1.54) is 5.56 Å². The molecule has 3 heteroatoms. The summed E-state index contributed by atoms with van der Waals surface area (Å²) in [5, 5.41) is 12.2. The van der Waals surface area contributed by atoms with E-state index in [1.807, 2.05) is 18.2 Å². The first-order valence-corrected chi connectivity index (χ1v) is 4.52. The molecule has 0 amide bonds. The molecule has 0 fully saturated rings. The molecular weight excluding hydrogens is 164 g/mol. The number of nitrogens with one attached hydrogen (secondary N) is 1. The first-order chi connectivity index (χ1) is 6.31. The number of rotatable bonds is 2. The third-order valence-corrected chi connectivity index (χ3v) is 2.53. The van der Waals surface area contributed by atoms with E-state index in [9.17, 15) is 0 Å². The predicted octanol–water partition coefficient (Wildman–Crippen LogP) is 0.343.